The Morgan fingerprint density at radius 3 is 2.40 bits per heavy atom. The number of hydrogen-bond acceptors (Lipinski definition) is 6. The summed E-state index contributed by atoms with van der Waals surface area (Å²) >= 11 is 0. The summed E-state index contributed by atoms with van der Waals surface area (Å²) in [5.41, 5.74) is 3.80. The second-order valence-electron chi connectivity index (χ2n) is 7.60. The Hall–Kier alpha value is -2.69. The highest BCUT2D eigenvalue weighted by atomic mass is 19.4. The summed E-state index contributed by atoms with van der Waals surface area (Å²) in [5.74, 6) is -0.246. The number of piperidine rings is 1. The van der Waals surface area contributed by atoms with Crippen molar-refractivity contribution in [3.63, 3.8) is 0 Å². The molecule has 0 spiro atoms. The topological polar surface area (TPSA) is 101 Å². The second-order valence-corrected chi connectivity index (χ2v) is 7.60. The molecular weight excluding hydrogens is 405 g/mol. The van der Waals surface area contributed by atoms with Gasteiger partial charge in [0.1, 0.15) is 11.3 Å². The predicted molar refractivity (Wildman–Crippen MR) is 102 cm³/mol. The third-order valence-electron chi connectivity index (χ3n) is 3.90. The average Bonchev–Trinajstić information content (AvgIpc) is 2.67. The number of aromatic nitrogens is 1. The molecule has 1 aliphatic rings. The molecule has 2 heterocycles. The number of nitrogens with zero attached hydrogens (tertiary/aromatic N) is 2. The van der Waals surface area contributed by atoms with Crippen molar-refractivity contribution in [2.24, 2.45) is 5.92 Å². The highest BCUT2D eigenvalue weighted by Crippen LogP contribution is 2.26. The zero-order valence-electron chi connectivity index (χ0n) is 17.4. The minimum Gasteiger partial charge on any atom is -0.444 e. The van der Waals surface area contributed by atoms with Gasteiger partial charge in [0.2, 0.25) is 5.91 Å². The van der Waals surface area contributed by atoms with E-state index < -0.39 is 17.5 Å². The van der Waals surface area contributed by atoms with Gasteiger partial charge in [-0.1, -0.05) is 0 Å². The SMILES string of the molecule is CNNC(=O)C1CCCN(C(=O)OC(C)(C)C)C1.O=Cc1ccc(C(F)(F)F)nc1. The Kier molecular flexibility index (Phi) is 9.22. The molecule has 168 valence electrons. The fraction of sp³-hybridized carbons (Fsp3) is 0.579. The predicted octanol–water partition coefficient (Wildman–Crippen LogP) is 2.80. The number of hydrazine groups is 1. The van der Waals surface area contributed by atoms with Crippen LogP contribution in [0.3, 0.4) is 0 Å². The van der Waals surface area contributed by atoms with Crippen molar-refractivity contribution in [2.75, 3.05) is 20.1 Å². The van der Waals surface area contributed by atoms with E-state index in [2.05, 4.69) is 15.8 Å². The fourth-order valence-electron chi connectivity index (χ4n) is 2.55. The first-order valence-corrected chi connectivity index (χ1v) is 9.30. The van der Waals surface area contributed by atoms with Crippen LogP contribution in [0.4, 0.5) is 18.0 Å². The number of amides is 2. The number of alkyl halides is 3. The van der Waals surface area contributed by atoms with Gasteiger partial charge in [0, 0.05) is 31.9 Å². The zero-order valence-corrected chi connectivity index (χ0v) is 17.4. The van der Waals surface area contributed by atoms with E-state index >= 15 is 0 Å². The van der Waals surface area contributed by atoms with Crippen molar-refractivity contribution in [1.82, 2.24) is 20.7 Å². The largest absolute Gasteiger partial charge is 0.444 e. The van der Waals surface area contributed by atoms with Crippen LogP contribution in [0.2, 0.25) is 0 Å². The van der Waals surface area contributed by atoms with E-state index in [0.29, 0.717) is 19.4 Å². The Morgan fingerprint density at radius 2 is 1.93 bits per heavy atom. The molecule has 1 aromatic rings. The Bertz CT molecular complexity index is 718. The summed E-state index contributed by atoms with van der Waals surface area (Å²) in [6.45, 7) is 6.57. The Labute approximate surface area is 173 Å². The molecule has 0 radical (unpaired) electrons. The number of nitrogens with one attached hydrogen (secondary N) is 2. The number of halogens is 3. The first kappa shape index (κ1) is 25.3. The minimum absolute atomic E-state index is 0.0780. The molecule has 0 aliphatic carbocycles. The number of ether oxygens (including phenoxy) is 1. The van der Waals surface area contributed by atoms with Gasteiger partial charge in [-0.2, -0.15) is 13.2 Å². The molecule has 2 amide bonds. The number of carbonyl (C=O) groups excluding carboxylic acids is 3. The maximum absolute atomic E-state index is 11.9. The second kappa shape index (κ2) is 10.9. The molecule has 1 atom stereocenters. The van der Waals surface area contributed by atoms with Crippen molar-refractivity contribution in [3.05, 3.63) is 29.6 Å². The number of pyridine rings is 1. The monoisotopic (exact) mass is 432 g/mol. The fourth-order valence-corrected chi connectivity index (χ4v) is 2.55. The maximum Gasteiger partial charge on any atom is 0.433 e. The van der Waals surface area contributed by atoms with E-state index in [1.807, 2.05) is 20.8 Å². The van der Waals surface area contributed by atoms with Gasteiger partial charge in [-0.15, -0.1) is 0 Å². The smallest absolute Gasteiger partial charge is 0.433 e. The first-order valence-electron chi connectivity index (χ1n) is 9.30. The third-order valence-corrected chi connectivity index (χ3v) is 3.90. The molecular formula is C19H27F3N4O4. The van der Waals surface area contributed by atoms with Crippen molar-refractivity contribution in [3.8, 4) is 0 Å². The van der Waals surface area contributed by atoms with Gasteiger partial charge >= 0.3 is 12.3 Å². The molecule has 1 unspecified atom stereocenters. The van der Waals surface area contributed by atoms with Crippen LogP contribution in [-0.2, 0) is 15.7 Å². The molecule has 0 saturated carbocycles. The maximum atomic E-state index is 11.9. The molecule has 30 heavy (non-hydrogen) atoms. The molecule has 1 aromatic heterocycles. The van der Waals surface area contributed by atoms with E-state index in [4.69, 9.17) is 4.74 Å². The normalized spacial score (nSPS) is 16.8. The van der Waals surface area contributed by atoms with E-state index in [0.717, 1.165) is 31.2 Å². The van der Waals surface area contributed by atoms with E-state index in [-0.39, 0.29) is 23.5 Å². The van der Waals surface area contributed by atoms with Gasteiger partial charge in [-0.05, 0) is 45.7 Å². The summed E-state index contributed by atoms with van der Waals surface area (Å²) < 4.78 is 40.9. The number of carbonyl (C=O) groups is 3. The van der Waals surface area contributed by atoms with Crippen LogP contribution in [0.15, 0.2) is 18.3 Å². The standard InChI is InChI=1S/C12H23N3O3.C7H4F3NO/c1-12(2,3)18-11(17)15-7-5-6-9(8-15)10(16)14-13-4;8-7(9,10)6-2-1-5(4-12)3-11-6/h9,13H,5-8H2,1-4H3,(H,14,16);1-4H. The van der Waals surface area contributed by atoms with E-state index in [9.17, 15) is 27.6 Å². The lowest BCUT2D eigenvalue weighted by molar-refractivity contribution is -0.141. The van der Waals surface area contributed by atoms with E-state index in [1.165, 1.54) is 0 Å². The lowest BCUT2D eigenvalue weighted by Crippen LogP contribution is -2.48. The summed E-state index contributed by atoms with van der Waals surface area (Å²) in [5, 5.41) is 0. The van der Waals surface area contributed by atoms with Crippen LogP contribution in [0, 0.1) is 5.92 Å². The highest BCUT2D eigenvalue weighted by molar-refractivity contribution is 5.79. The lowest BCUT2D eigenvalue weighted by Gasteiger charge is -2.33. The van der Waals surface area contributed by atoms with Gasteiger partial charge in [0.15, 0.2) is 6.29 Å². The molecule has 11 heteroatoms. The Balaban J connectivity index is 0.000000325. The minimum atomic E-state index is -4.44. The van der Waals surface area contributed by atoms with Gasteiger partial charge in [0.25, 0.3) is 0 Å². The molecule has 0 bridgehead atoms. The summed E-state index contributed by atoms with van der Waals surface area (Å²) in [4.78, 5) is 38.3. The van der Waals surface area contributed by atoms with Crippen LogP contribution in [0.25, 0.3) is 0 Å². The quantitative estimate of drug-likeness (QED) is 0.563. The van der Waals surface area contributed by atoms with Crippen LogP contribution in [0.5, 0.6) is 0 Å². The van der Waals surface area contributed by atoms with Gasteiger partial charge < -0.3 is 9.64 Å². The number of hydrogen-bond donors (Lipinski definition) is 2. The van der Waals surface area contributed by atoms with Crippen molar-refractivity contribution >= 4 is 18.3 Å². The number of likely N-dealkylation sites (tertiary alicyclic amines) is 1. The molecule has 0 aromatic carbocycles. The summed E-state index contributed by atoms with van der Waals surface area (Å²) in [6, 6.07) is 1.84. The number of rotatable bonds is 3. The summed E-state index contributed by atoms with van der Waals surface area (Å²) in [7, 11) is 1.65. The molecule has 2 rings (SSSR count). The van der Waals surface area contributed by atoms with Gasteiger partial charge in [-0.3, -0.25) is 20.0 Å². The van der Waals surface area contributed by atoms with Crippen molar-refractivity contribution in [1.29, 1.82) is 0 Å². The third kappa shape index (κ3) is 8.76. The van der Waals surface area contributed by atoms with Crippen LogP contribution < -0.4 is 10.9 Å². The molecule has 2 N–H and O–H groups in total. The van der Waals surface area contributed by atoms with E-state index in [1.54, 1.807) is 11.9 Å². The van der Waals surface area contributed by atoms with Crippen LogP contribution in [-0.4, -0.2) is 53.9 Å². The molecule has 1 fully saturated rings. The van der Waals surface area contributed by atoms with Crippen molar-refractivity contribution in [2.45, 2.75) is 45.4 Å². The average molecular weight is 432 g/mol. The van der Waals surface area contributed by atoms with Gasteiger partial charge in [-0.25, -0.2) is 10.2 Å². The van der Waals surface area contributed by atoms with Crippen LogP contribution in [0.1, 0.15) is 49.7 Å². The van der Waals surface area contributed by atoms with Crippen molar-refractivity contribution < 1.29 is 32.3 Å². The zero-order chi connectivity index (χ0) is 22.9. The van der Waals surface area contributed by atoms with Crippen LogP contribution >= 0.6 is 0 Å². The number of aldehydes is 1. The van der Waals surface area contributed by atoms with Gasteiger partial charge in [0.05, 0.1) is 5.92 Å². The highest BCUT2D eigenvalue weighted by Gasteiger charge is 2.32. The first-order chi connectivity index (χ1) is 13.9. The molecule has 1 saturated heterocycles. The lowest BCUT2D eigenvalue weighted by atomic mass is 9.98. The Morgan fingerprint density at radius 1 is 1.27 bits per heavy atom. The molecule has 1 aliphatic heterocycles. The summed E-state index contributed by atoms with van der Waals surface area (Å²) in [6.07, 6.45) is -1.84. The molecule has 8 nitrogen and oxygen atoms in total.